The Balaban J connectivity index is 0.000000174. The Labute approximate surface area is 626 Å². The van der Waals surface area contributed by atoms with E-state index >= 15 is 0 Å². The molecule has 0 radical (unpaired) electrons. The summed E-state index contributed by atoms with van der Waals surface area (Å²) in [6.07, 6.45) is 36.3. The topological polar surface area (TPSA) is 173 Å². The predicted octanol–water partition coefficient (Wildman–Crippen LogP) is 21.4. The number of carbonyl (C=O) groups excluding carboxylic acids is 3. The molecule has 0 aromatic carbocycles. The molecule has 0 aliphatic heterocycles. The number of aliphatic hydroxyl groups excluding tert-OH is 3. The highest BCUT2D eigenvalue weighted by atomic mass is 32.2. The van der Waals surface area contributed by atoms with E-state index in [4.69, 9.17) is 0 Å². The summed E-state index contributed by atoms with van der Waals surface area (Å²) in [4.78, 5) is 41.7. The molecule has 1 unspecified atom stereocenters. The highest BCUT2D eigenvalue weighted by molar-refractivity contribution is 7.93. The minimum Gasteiger partial charge on any atom is -0.393 e. The molecule has 27 atom stereocenters. The average molecular weight is 1440 g/mol. The van der Waals surface area contributed by atoms with Gasteiger partial charge in [-0.25, -0.2) is 0 Å². The lowest BCUT2D eigenvalue weighted by Gasteiger charge is -2.58. The van der Waals surface area contributed by atoms with Gasteiger partial charge in [0.25, 0.3) is 0 Å². The van der Waals surface area contributed by atoms with Gasteiger partial charge in [0.2, 0.25) is 0 Å². The minimum atomic E-state index is -0.573. The summed E-state index contributed by atoms with van der Waals surface area (Å²) in [5.74, 6) is 8.59. The second kappa shape index (κ2) is 30.9. The summed E-state index contributed by atoms with van der Waals surface area (Å²) in [6, 6.07) is 0. The van der Waals surface area contributed by atoms with Gasteiger partial charge in [-0.3, -0.25) is 14.4 Å². The molecular formula is C91H153FO9S. The minimum absolute atomic E-state index is 0.0523. The van der Waals surface area contributed by atoms with Crippen molar-refractivity contribution in [3.63, 3.8) is 0 Å². The average Bonchev–Trinajstić information content (AvgIpc) is 1.33. The van der Waals surface area contributed by atoms with Crippen LogP contribution in [0.4, 0.5) is 3.89 Å². The number of ketones is 3. The van der Waals surface area contributed by atoms with Gasteiger partial charge in [0.1, 0.15) is 17.3 Å². The standard InChI is InChI=1S/3C30H50O3.CH3FS/c3*1-8-30(33)16-15-28(6)20(17-30)10-11-21-23-13-12-22(29(23,7)18-24(31)26(21)28)19(2)9-14-25(32)27(3,4)5;1-3-2/h3*10,19,21-23,25-26,32-33H,8-9,11-18H2,1-7H3;1H3/t19-,21+,22-,23+,25?,26-,28+,29-,30+;19-,21+,22-,23+,25+,26-,28+,29-,30+;19-,21+,22-,23+,25-,26-,28+,29-,30+;/m111./s1. The van der Waals surface area contributed by atoms with Gasteiger partial charge in [-0.05, 0) is 293 Å². The number of hydrogen-bond donors (Lipinski definition) is 6. The Morgan fingerprint density at radius 1 is 0.412 bits per heavy atom. The van der Waals surface area contributed by atoms with Crippen molar-refractivity contribution in [2.24, 2.45) is 138 Å². The maximum atomic E-state index is 13.9. The number of Topliss-reactive ketones (excluding diaryl/α,β-unsaturated/α-hetero) is 3. The van der Waals surface area contributed by atoms with Crippen LogP contribution in [-0.4, -0.2) is 89.4 Å². The number of allylic oxidation sites excluding steroid dienone is 3. The van der Waals surface area contributed by atoms with Gasteiger partial charge < -0.3 is 30.6 Å². The number of halogens is 1. The zero-order valence-corrected chi connectivity index (χ0v) is 69.8. The second-order valence-corrected chi connectivity index (χ2v) is 42.9. The van der Waals surface area contributed by atoms with Gasteiger partial charge in [-0.15, -0.1) is 0 Å². The lowest BCUT2D eigenvalue weighted by Crippen LogP contribution is -2.56. The van der Waals surface area contributed by atoms with E-state index in [-0.39, 0.29) is 96.9 Å². The smallest absolute Gasteiger partial charge is 0.137 e. The number of hydrogen-bond acceptors (Lipinski definition) is 10. The van der Waals surface area contributed by atoms with Crippen LogP contribution in [0.5, 0.6) is 0 Å². The van der Waals surface area contributed by atoms with Crippen molar-refractivity contribution in [2.45, 2.75) is 373 Å². The fourth-order valence-electron chi connectivity index (χ4n) is 26.6. The normalized spacial score (nSPS) is 43.9. The molecule has 0 aromatic rings. The van der Waals surface area contributed by atoms with Crippen molar-refractivity contribution < 1.29 is 48.9 Å². The summed E-state index contributed by atoms with van der Waals surface area (Å²) in [5.41, 5.74) is 2.34. The van der Waals surface area contributed by atoms with Gasteiger partial charge >= 0.3 is 0 Å². The summed E-state index contributed by atoms with van der Waals surface area (Å²) in [7, 11) is 0. The third-order valence-electron chi connectivity index (χ3n) is 33.8. The Hall–Kier alpha value is -1.73. The molecule has 0 aromatic heterocycles. The Morgan fingerprint density at radius 3 is 0.843 bits per heavy atom. The number of aliphatic hydroxyl groups is 6. The zero-order valence-electron chi connectivity index (χ0n) is 69.0. The van der Waals surface area contributed by atoms with E-state index in [1.807, 2.05) is 0 Å². The second-order valence-electron chi connectivity index (χ2n) is 42.6. The molecule has 12 aliphatic rings. The molecule has 6 N–H and O–H groups in total. The molecule has 11 heteroatoms. The largest absolute Gasteiger partial charge is 0.393 e. The number of fused-ring (bicyclic) bond motifs is 15. The van der Waals surface area contributed by atoms with Gasteiger partial charge in [0.15, 0.2) is 0 Å². The molecule has 12 aliphatic carbocycles. The van der Waals surface area contributed by atoms with E-state index in [1.165, 1.54) is 61.5 Å². The van der Waals surface area contributed by atoms with Crippen LogP contribution in [0.1, 0.15) is 338 Å². The molecule has 9 fully saturated rings. The first-order valence-corrected chi connectivity index (χ1v) is 43.3. The van der Waals surface area contributed by atoms with Crippen molar-refractivity contribution in [2.75, 3.05) is 6.26 Å². The first-order chi connectivity index (χ1) is 47.2. The summed E-state index contributed by atoms with van der Waals surface area (Å²) in [5, 5.41) is 64.7. The number of carbonyl (C=O) groups is 3. The Bertz CT molecular complexity index is 2730. The maximum absolute atomic E-state index is 13.9. The van der Waals surface area contributed by atoms with E-state index < -0.39 is 16.8 Å². The van der Waals surface area contributed by atoms with Gasteiger partial charge in [-0.2, -0.15) is 3.89 Å². The molecule has 12 rings (SSSR count). The summed E-state index contributed by atoms with van der Waals surface area (Å²) in [6.45, 7) is 46.8. The molecule has 0 bridgehead atoms. The molecule has 102 heavy (non-hydrogen) atoms. The zero-order chi connectivity index (χ0) is 75.9. The van der Waals surface area contributed by atoms with Crippen LogP contribution in [0.15, 0.2) is 34.9 Å². The van der Waals surface area contributed by atoms with Gasteiger partial charge in [0.05, 0.1) is 35.1 Å². The maximum Gasteiger partial charge on any atom is 0.137 e. The molecule has 9 nitrogen and oxygen atoms in total. The van der Waals surface area contributed by atoms with Crippen LogP contribution in [0.3, 0.4) is 0 Å². The fourth-order valence-corrected chi connectivity index (χ4v) is 26.6. The molecule has 0 spiro atoms. The monoisotopic (exact) mass is 1440 g/mol. The van der Waals surface area contributed by atoms with Crippen molar-refractivity contribution in [3.8, 4) is 0 Å². The Morgan fingerprint density at radius 2 is 0.637 bits per heavy atom. The lowest BCUT2D eigenvalue weighted by molar-refractivity contribution is -0.148. The van der Waals surface area contributed by atoms with Crippen LogP contribution < -0.4 is 0 Å². The summed E-state index contributed by atoms with van der Waals surface area (Å²) >= 11 is 0.250. The van der Waals surface area contributed by atoms with Crippen LogP contribution in [0.2, 0.25) is 0 Å². The highest BCUT2D eigenvalue weighted by Crippen LogP contribution is 2.71. The highest BCUT2D eigenvalue weighted by Gasteiger charge is 2.67. The van der Waals surface area contributed by atoms with E-state index in [0.717, 1.165) is 154 Å². The lowest BCUT2D eigenvalue weighted by atomic mass is 9.45. The number of rotatable bonds is 15. The molecule has 0 heterocycles. The van der Waals surface area contributed by atoms with Gasteiger partial charge in [0, 0.05) is 55.4 Å². The van der Waals surface area contributed by atoms with Crippen molar-refractivity contribution >= 4 is 29.5 Å². The van der Waals surface area contributed by atoms with E-state index in [1.54, 1.807) is 0 Å². The van der Waals surface area contributed by atoms with Crippen molar-refractivity contribution in [1.82, 2.24) is 0 Å². The molecular weight excluding hydrogens is 1290 g/mol. The van der Waals surface area contributed by atoms with Gasteiger partial charge in [-0.1, -0.05) is 180 Å². The van der Waals surface area contributed by atoms with Crippen LogP contribution in [0.25, 0.3) is 0 Å². The van der Waals surface area contributed by atoms with Crippen LogP contribution in [-0.2, 0) is 14.4 Å². The Kier molecular flexibility index (Phi) is 25.5. The third kappa shape index (κ3) is 16.0. The molecule has 0 amide bonds. The van der Waals surface area contributed by atoms with Crippen molar-refractivity contribution in [1.29, 1.82) is 0 Å². The molecule has 584 valence electrons. The van der Waals surface area contributed by atoms with Crippen LogP contribution in [0, 0.1) is 138 Å². The van der Waals surface area contributed by atoms with E-state index in [0.29, 0.717) is 88.4 Å². The van der Waals surface area contributed by atoms with E-state index in [2.05, 4.69) is 164 Å². The quantitative estimate of drug-likeness (QED) is 0.0867. The van der Waals surface area contributed by atoms with Crippen molar-refractivity contribution in [3.05, 3.63) is 34.9 Å². The molecule has 0 saturated heterocycles. The van der Waals surface area contributed by atoms with Crippen LogP contribution >= 0.6 is 12.1 Å². The molecule has 9 saturated carbocycles. The summed E-state index contributed by atoms with van der Waals surface area (Å²) < 4.78 is 10.2. The first kappa shape index (κ1) is 84.3. The van der Waals surface area contributed by atoms with E-state index in [9.17, 15) is 48.9 Å². The SMILES string of the molecule is CC[C@]1(O)CC[C@@]2(C)C(=CC[C@H]3[C@@H]4CC[C@H]([C@H](C)CCC(O)C(C)(C)C)[C@@]4(C)CC(=O)[C@@H]32)C1.CC[C@]1(O)CC[C@@]2(C)C(=CC[C@H]3[C@@H]4CC[C@H]([C@H](C)CC[C@@H](O)C(C)(C)C)[C@@]4(C)CC(=O)[C@@H]32)C1.CC[C@]1(O)CC[C@@]2(C)C(=CC[C@H]3[C@@H]4CC[C@H]([C@H](C)CC[C@H](O)C(C)(C)C)[C@@]4(C)CC(=O)[C@@H]32)C1.CSF. The first-order valence-electron chi connectivity index (χ1n) is 42.2. The fraction of sp³-hybridized carbons (Fsp3) is 0.901. The third-order valence-corrected chi connectivity index (χ3v) is 33.8. The predicted molar refractivity (Wildman–Crippen MR) is 419 cm³/mol.